The van der Waals surface area contributed by atoms with Gasteiger partial charge in [-0.1, -0.05) is 0 Å². The van der Waals surface area contributed by atoms with Crippen LogP contribution >= 0.6 is 11.3 Å². The summed E-state index contributed by atoms with van der Waals surface area (Å²) in [7, 11) is -2.58. The van der Waals surface area contributed by atoms with E-state index in [1.54, 1.807) is 12.3 Å². The highest BCUT2D eigenvalue weighted by Gasteiger charge is 2.36. The van der Waals surface area contributed by atoms with E-state index in [0.29, 0.717) is 25.2 Å². The molecule has 0 bridgehead atoms. The molecule has 118 valence electrons. The van der Waals surface area contributed by atoms with E-state index in [9.17, 15) is 13.2 Å². The van der Waals surface area contributed by atoms with Crippen LogP contribution in [0, 0.1) is 6.92 Å². The van der Waals surface area contributed by atoms with Gasteiger partial charge in [-0.15, -0.1) is 11.3 Å². The molecule has 6 nitrogen and oxygen atoms in total. The number of nitrogens with one attached hydrogen (secondary N) is 1. The van der Waals surface area contributed by atoms with E-state index in [2.05, 4.69) is 9.46 Å². The topological polar surface area (TPSA) is 81.7 Å². The molecule has 1 fully saturated rings. The first-order chi connectivity index (χ1) is 9.79. The van der Waals surface area contributed by atoms with Crippen LogP contribution in [0.5, 0.6) is 0 Å². The highest BCUT2D eigenvalue weighted by Crippen LogP contribution is 2.29. The smallest absolute Gasteiger partial charge is 0.349 e. The predicted molar refractivity (Wildman–Crippen MR) is 79.2 cm³/mol. The van der Waals surface area contributed by atoms with Crippen LogP contribution < -0.4 is 4.72 Å². The number of aryl methyl sites for hydroxylation is 1. The summed E-state index contributed by atoms with van der Waals surface area (Å²) in [6.07, 6.45) is 1.49. The number of ether oxygens (including phenoxy) is 2. The van der Waals surface area contributed by atoms with Crippen LogP contribution in [0.1, 0.15) is 35.0 Å². The third-order valence-electron chi connectivity index (χ3n) is 3.38. The van der Waals surface area contributed by atoms with Gasteiger partial charge in [-0.3, -0.25) is 0 Å². The van der Waals surface area contributed by atoms with Crippen molar-refractivity contribution in [2.24, 2.45) is 0 Å². The van der Waals surface area contributed by atoms with E-state index in [0.717, 1.165) is 17.8 Å². The maximum absolute atomic E-state index is 12.7. The molecule has 21 heavy (non-hydrogen) atoms. The lowest BCUT2D eigenvalue weighted by atomic mass is 9.97. The molecule has 2 heterocycles. The molecule has 1 aliphatic rings. The molecule has 1 aromatic heterocycles. The molecule has 1 saturated heterocycles. The lowest BCUT2D eigenvalue weighted by Gasteiger charge is -2.33. The molecule has 0 aliphatic carbocycles. The quantitative estimate of drug-likeness (QED) is 0.848. The number of hydrogen-bond donors (Lipinski definition) is 1. The third-order valence-corrected chi connectivity index (χ3v) is 6.41. The fourth-order valence-electron chi connectivity index (χ4n) is 2.39. The number of thiophene rings is 1. The lowest BCUT2D eigenvalue weighted by Crippen LogP contribution is -2.51. The predicted octanol–water partition coefficient (Wildman–Crippen LogP) is 1.69. The summed E-state index contributed by atoms with van der Waals surface area (Å²) in [6, 6.07) is 0. The first-order valence-corrected chi connectivity index (χ1v) is 8.93. The molecular weight excluding hydrogens is 314 g/mol. The standard InChI is InChI=1S/C13H19NO5S2/c1-9-7-20-10(12(15)18-3)11(9)21(16,17)14-13(2)5-4-6-19-8-13/h7,14H,4-6,8H2,1-3H3. The van der Waals surface area contributed by atoms with Crippen molar-refractivity contribution < 1.29 is 22.7 Å². The Balaban J connectivity index is 2.36. The van der Waals surface area contributed by atoms with Crippen LogP contribution in [0.2, 0.25) is 0 Å². The van der Waals surface area contributed by atoms with Gasteiger partial charge in [-0.2, -0.15) is 0 Å². The van der Waals surface area contributed by atoms with Crippen molar-refractivity contribution in [2.75, 3.05) is 20.3 Å². The number of carbonyl (C=O) groups is 1. The van der Waals surface area contributed by atoms with Gasteiger partial charge in [0, 0.05) is 6.61 Å². The van der Waals surface area contributed by atoms with Crippen LogP contribution in [0.15, 0.2) is 10.3 Å². The van der Waals surface area contributed by atoms with Crippen LogP contribution in [-0.4, -0.2) is 40.2 Å². The fraction of sp³-hybridized carbons (Fsp3) is 0.615. The van der Waals surface area contributed by atoms with E-state index in [-0.39, 0.29) is 9.77 Å². The van der Waals surface area contributed by atoms with Crippen molar-refractivity contribution in [3.8, 4) is 0 Å². The summed E-state index contributed by atoms with van der Waals surface area (Å²) in [5, 5.41) is 1.64. The fourth-order valence-corrected chi connectivity index (χ4v) is 5.52. The Kier molecular flexibility index (Phi) is 4.72. The number of hydrogen-bond acceptors (Lipinski definition) is 6. The van der Waals surface area contributed by atoms with E-state index in [1.807, 2.05) is 6.92 Å². The number of carbonyl (C=O) groups excluding carboxylic acids is 1. The third kappa shape index (κ3) is 3.45. The van der Waals surface area contributed by atoms with Crippen LogP contribution in [0.25, 0.3) is 0 Å². The molecule has 0 saturated carbocycles. The Morgan fingerprint density at radius 3 is 2.81 bits per heavy atom. The molecule has 2 rings (SSSR count). The highest BCUT2D eigenvalue weighted by molar-refractivity contribution is 7.89. The molecule has 0 aromatic carbocycles. The molecule has 1 aliphatic heterocycles. The number of sulfonamides is 1. The summed E-state index contributed by atoms with van der Waals surface area (Å²) in [4.78, 5) is 11.8. The van der Waals surface area contributed by atoms with E-state index < -0.39 is 21.5 Å². The zero-order chi connectivity index (χ0) is 15.7. The van der Waals surface area contributed by atoms with Crippen LogP contribution in [0.4, 0.5) is 0 Å². The molecule has 1 unspecified atom stereocenters. The molecule has 1 atom stereocenters. The maximum Gasteiger partial charge on any atom is 0.349 e. The summed E-state index contributed by atoms with van der Waals surface area (Å²) < 4.78 is 38.0. The SMILES string of the molecule is COC(=O)c1scc(C)c1S(=O)(=O)NC1(C)CCCOC1. The second-order valence-electron chi connectivity index (χ2n) is 5.39. The van der Waals surface area contributed by atoms with Crippen molar-refractivity contribution in [3.05, 3.63) is 15.8 Å². The van der Waals surface area contributed by atoms with Gasteiger partial charge in [0.15, 0.2) is 0 Å². The van der Waals surface area contributed by atoms with Crippen LogP contribution in [0.3, 0.4) is 0 Å². The summed E-state index contributed by atoms with van der Waals surface area (Å²) in [5.41, 5.74) is -0.119. The first-order valence-electron chi connectivity index (χ1n) is 6.57. The molecule has 1 aromatic rings. The normalized spacial score (nSPS) is 23.0. The average molecular weight is 333 g/mol. The molecular formula is C13H19NO5S2. The minimum atomic E-state index is -3.81. The highest BCUT2D eigenvalue weighted by atomic mass is 32.2. The second kappa shape index (κ2) is 6.04. The summed E-state index contributed by atoms with van der Waals surface area (Å²) in [6.45, 7) is 4.44. The number of rotatable bonds is 4. The van der Waals surface area contributed by atoms with Crippen molar-refractivity contribution in [2.45, 2.75) is 37.1 Å². The summed E-state index contributed by atoms with van der Waals surface area (Å²) >= 11 is 1.07. The van der Waals surface area contributed by atoms with Gasteiger partial charge >= 0.3 is 5.97 Å². The second-order valence-corrected chi connectivity index (χ2v) is 7.89. The van der Waals surface area contributed by atoms with Gasteiger partial charge in [0.25, 0.3) is 0 Å². The molecule has 8 heteroatoms. The van der Waals surface area contributed by atoms with Crippen LogP contribution in [-0.2, 0) is 19.5 Å². The molecule has 1 N–H and O–H groups in total. The van der Waals surface area contributed by atoms with Gasteiger partial charge < -0.3 is 9.47 Å². The molecule has 0 spiro atoms. The maximum atomic E-state index is 12.7. The monoisotopic (exact) mass is 333 g/mol. The van der Waals surface area contributed by atoms with Gasteiger partial charge in [-0.05, 0) is 37.6 Å². The number of esters is 1. The zero-order valence-electron chi connectivity index (χ0n) is 12.3. The van der Waals surface area contributed by atoms with Crippen molar-refractivity contribution in [1.29, 1.82) is 0 Å². The Morgan fingerprint density at radius 1 is 1.52 bits per heavy atom. The Morgan fingerprint density at radius 2 is 2.24 bits per heavy atom. The van der Waals surface area contributed by atoms with E-state index >= 15 is 0 Å². The molecule has 0 radical (unpaired) electrons. The van der Waals surface area contributed by atoms with Gasteiger partial charge in [0.1, 0.15) is 9.77 Å². The number of methoxy groups -OCH3 is 1. The Labute approximate surface area is 128 Å². The van der Waals surface area contributed by atoms with Gasteiger partial charge in [0.05, 0.1) is 19.3 Å². The lowest BCUT2D eigenvalue weighted by molar-refractivity contribution is 0.0386. The summed E-state index contributed by atoms with van der Waals surface area (Å²) in [5.74, 6) is -0.640. The minimum absolute atomic E-state index is 0.00569. The average Bonchev–Trinajstić information content (AvgIpc) is 2.80. The minimum Gasteiger partial charge on any atom is -0.465 e. The Hall–Kier alpha value is -0.960. The van der Waals surface area contributed by atoms with E-state index in [4.69, 9.17) is 4.74 Å². The van der Waals surface area contributed by atoms with E-state index in [1.165, 1.54) is 7.11 Å². The first kappa shape index (κ1) is 16.4. The van der Waals surface area contributed by atoms with Crippen molar-refractivity contribution >= 4 is 27.3 Å². The van der Waals surface area contributed by atoms with Crippen molar-refractivity contribution in [3.63, 3.8) is 0 Å². The molecule has 0 amide bonds. The van der Waals surface area contributed by atoms with Crippen molar-refractivity contribution in [1.82, 2.24) is 4.72 Å². The van der Waals surface area contributed by atoms with Gasteiger partial charge in [-0.25, -0.2) is 17.9 Å². The Bertz CT molecular complexity index is 629. The van der Waals surface area contributed by atoms with Gasteiger partial charge in [0.2, 0.25) is 10.0 Å². The zero-order valence-corrected chi connectivity index (χ0v) is 13.9. The largest absolute Gasteiger partial charge is 0.465 e.